The van der Waals surface area contributed by atoms with Crippen molar-refractivity contribution in [2.75, 3.05) is 11.5 Å². The van der Waals surface area contributed by atoms with Gasteiger partial charge in [0.15, 0.2) is 15.5 Å². The fourth-order valence-corrected chi connectivity index (χ4v) is 4.79. The molecule has 8 heteroatoms. The first-order valence-electron chi connectivity index (χ1n) is 8.70. The van der Waals surface area contributed by atoms with Crippen molar-refractivity contribution in [1.29, 1.82) is 0 Å². The summed E-state index contributed by atoms with van der Waals surface area (Å²) in [7, 11) is -3.02. The molecule has 0 N–H and O–H groups in total. The van der Waals surface area contributed by atoms with Gasteiger partial charge in [0.1, 0.15) is 11.7 Å². The highest BCUT2D eigenvalue weighted by atomic mass is 32.2. The van der Waals surface area contributed by atoms with Crippen LogP contribution in [0.2, 0.25) is 0 Å². The minimum Gasteiger partial charge on any atom is -0.294 e. The summed E-state index contributed by atoms with van der Waals surface area (Å²) < 4.78 is 26.5. The average molecular weight is 374 g/mol. The van der Waals surface area contributed by atoms with E-state index in [1.165, 1.54) is 17.1 Å². The van der Waals surface area contributed by atoms with Crippen LogP contribution in [0.5, 0.6) is 0 Å². The Bertz CT molecular complexity index is 1050. The smallest absolute Gasteiger partial charge is 0.264 e. The zero-order valence-electron chi connectivity index (χ0n) is 14.9. The van der Waals surface area contributed by atoms with Crippen LogP contribution < -0.4 is 5.56 Å². The molecule has 7 nitrogen and oxygen atoms in total. The second-order valence-electron chi connectivity index (χ2n) is 6.05. The molecule has 1 atom stereocenters. The lowest BCUT2D eigenvalue weighted by Crippen LogP contribution is -2.21. The molecule has 0 radical (unpaired) electrons. The van der Waals surface area contributed by atoms with Gasteiger partial charge in [-0.3, -0.25) is 9.36 Å². The Morgan fingerprint density at radius 1 is 1.19 bits per heavy atom. The summed E-state index contributed by atoms with van der Waals surface area (Å²) in [5.41, 5.74) is 1.29. The molecule has 1 saturated heterocycles. The van der Waals surface area contributed by atoms with Gasteiger partial charge in [-0.2, -0.15) is 5.10 Å². The molecule has 0 bridgehead atoms. The van der Waals surface area contributed by atoms with Crippen molar-refractivity contribution < 1.29 is 8.42 Å². The predicted octanol–water partition coefficient (Wildman–Crippen LogP) is 2.03. The van der Waals surface area contributed by atoms with Crippen LogP contribution in [0, 0.1) is 0 Å². The third kappa shape index (κ3) is 3.55. The van der Waals surface area contributed by atoms with Crippen LogP contribution >= 0.6 is 0 Å². The minimum absolute atomic E-state index is 0.0541. The number of hydrogen-bond donors (Lipinski definition) is 0. The summed E-state index contributed by atoms with van der Waals surface area (Å²) in [5.74, 6) is 0.211. The Kier molecular flexibility index (Phi) is 5.22. The van der Waals surface area contributed by atoms with E-state index < -0.39 is 9.84 Å². The van der Waals surface area contributed by atoms with Crippen molar-refractivity contribution >= 4 is 20.9 Å². The van der Waals surface area contributed by atoms with E-state index in [9.17, 15) is 13.2 Å². The van der Waals surface area contributed by atoms with Gasteiger partial charge in [0.25, 0.3) is 5.56 Å². The van der Waals surface area contributed by atoms with Gasteiger partial charge < -0.3 is 0 Å². The summed E-state index contributed by atoms with van der Waals surface area (Å²) in [6.45, 7) is 4.44. The van der Waals surface area contributed by atoms with Crippen LogP contribution in [0.3, 0.4) is 0 Å². The number of hydrogen-bond acceptors (Lipinski definition) is 5. The van der Waals surface area contributed by atoms with Gasteiger partial charge in [-0.1, -0.05) is 44.2 Å². The highest BCUT2D eigenvalue weighted by molar-refractivity contribution is 7.91. The molecular weight excluding hydrogens is 352 g/mol. The zero-order chi connectivity index (χ0) is 18.7. The maximum Gasteiger partial charge on any atom is 0.264 e. The van der Waals surface area contributed by atoms with Crippen LogP contribution in [0.25, 0.3) is 11.0 Å². The molecule has 0 saturated carbocycles. The zero-order valence-corrected chi connectivity index (χ0v) is 15.7. The quantitative estimate of drug-likeness (QED) is 0.700. The first-order chi connectivity index (χ1) is 12.5. The first kappa shape index (κ1) is 18.3. The lowest BCUT2D eigenvalue weighted by molar-refractivity contribution is 0.511. The number of aromatic nitrogens is 4. The van der Waals surface area contributed by atoms with Crippen molar-refractivity contribution in [2.45, 2.75) is 32.9 Å². The van der Waals surface area contributed by atoms with Gasteiger partial charge >= 0.3 is 0 Å². The second kappa shape index (κ2) is 7.41. The Labute approximate surface area is 152 Å². The van der Waals surface area contributed by atoms with Gasteiger partial charge in [-0.25, -0.2) is 18.1 Å². The van der Waals surface area contributed by atoms with Crippen molar-refractivity contribution in [3.8, 4) is 0 Å². The summed E-state index contributed by atoms with van der Waals surface area (Å²) in [5, 5.41) is 4.64. The van der Waals surface area contributed by atoms with Gasteiger partial charge in [-0.15, -0.1) is 0 Å². The molecule has 0 aliphatic carbocycles. The van der Waals surface area contributed by atoms with Crippen molar-refractivity contribution in [2.24, 2.45) is 0 Å². The van der Waals surface area contributed by atoms with Crippen LogP contribution in [-0.4, -0.2) is 39.3 Å². The molecule has 1 aliphatic heterocycles. The minimum atomic E-state index is -3.02. The highest BCUT2D eigenvalue weighted by Crippen LogP contribution is 2.25. The van der Waals surface area contributed by atoms with Crippen LogP contribution in [0.1, 0.15) is 31.9 Å². The molecule has 1 aromatic carbocycles. The van der Waals surface area contributed by atoms with Crippen LogP contribution in [0.4, 0.5) is 0 Å². The number of sulfone groups is 1. The fourth-order valence-electron chi connectivity index (χ4n) is 3.10. The van der Waals surface area contributed by atoms with Crippen molar-refractivity contribution in [3.05, 3.63) is 58.8 Å². The standard InChI is InChI=1S/C16H16N4O3S.C2H6/c21-16-14-8-18-20(13-6-7-24(22,23)10-13)15(14)17-11-19(16)9-12-4-2-1-3-5-12;1-2/h1-5,8,11,13H,6-7,9-10H2;1-2H3. The molecule has 26 heavy (non-hydrogen) atoms. The molecule has 1 fully saturated rings. The Balaban J connectivity index is 0.000000948. The number of rotatable bonds is 3. The van der Waals surface area contributed by atoms with Crippen LogP contribution in [0.15, 0.2) is 47.7 Å². The van der Waals surface area contributed by atoms with E-state index in [0.717, 1.165) is 5.56 Å². The molecular formula is C18H22N4O3S. The molecule has 138 valence electrons. The lowest BCUT2D eigenvalue weighted by atomic mass is 10.2. The van der Waals surface area contributed by atoms with E-state index in [1.54, 1.807) is 4.68 Å². The Morgan fingerprint density at radius 2 is 1.92 bits per heavy atom. The monoisotopic (exact) mass is 374 g/mol. The third-order valence-electron chi connectivity index (χ3n) is 4.33. The number of benzene rings is 1. The van der Waals surface area contributed by atoms with E-state index in [0.29, 0.717) is 24.0 Å². The average Bonchev–Trinajstić information content (AvgIpc) is 3.23. The molecule has 4 rings (SSSR count). The predicted molar refractivity (Wildman–Crippen MR) is 101 cm³/mol. The maximum atomic E-state index is 12.6. The fraction of sp³-hybridized carbons (Fsp3) is 0.389. The van der Waals surface area contributed by atoms with E-state index in [1.807, 2.05) is 44.2 Å². The van der Waals surface area contributed by atoms with E-state index in [4.69, 9.17) is 0 Å². The molecule has 1 aliphatic rings. The van der Waals surface area contributed by atoms with Crippen molar-refractivity contribution in [1.82, 2.24) is 19.3 Å². The van der Waals surface area contributed by atoms with E-state index in [2.05, 4.69) is 10.1 Å². The van der Waals surface area contributed by atoms with Gasteiger partial charge in [0.2, 0.25) is 0 Å². The van der Waals surface area contributed by atoms with E-state index in [-0.39, 0.29) is 23.1 Å². The summed E-state index contributed by atoms with van der Waals surface area (Å²) in [6.07, 6.45) is 3.49. The van der Waals surface area contributed by atoms with Gasteiger partial charge in [0.05, 0.1) is 30.3 Å². The number of nitrogens with zero attached hydrogens (tertiary/aromatic N) is 4. The summed E-state index contributed by atoms with van der Waals surface area (Å²) >= 11 is 0. The first-order valence-corrected chi connectivity index (χ1v) is 10.5. The molecule has 3 heterocycles. The third-order valence-corrected chi connectivity index (χ3v) is 6.08. The topological polar surface area (TPSA) is 86.8 Å². The van der Waals surface area contributed by atoms with Crippen LogP contribution in [-0.2, 0) is 16.4 Å². The Hall–Kier alpha value is -2.48. The second-order valence-corrected chi connectivity index (χ2v) is 8.28. The molecule has 0 amide bonds. The molecule has 1 unspecified atom stereocenters. The van der Waals surface area contributed by atoms with E-state index >= 15 is 0 Å². The lowest BCUT2D eigenvalue weighted by Gasteiger charge is -2.10. The normalized spacial score (nSPS) is 18.5. The maximum absolute atomic E-state index is 12.6. The molecule has 0 spiro atoms. The van der Waals surface area contributed by atoms with Gasteiger partial charge in [0, 0.05) is 0 Å². The highest BCUT2D eigenvalue weighted by Gasteiger charge is 2.31. The molecule has 3 aromatic rings. The Morgan fingerprint density at radius 3 is 2.58 bits per heavy atom. The molecule has 2 aromatic heterocycles. The SMILES string of the molecule is CC.O=c1c2cnn(C3CCS(=O)(=O)C3)c2ncn1Cc1ccccc1. The largest absolute Gasteiger partial charge is 0.294 e. The summed E-state index contributed by atoms with van der Waals surface area (Å²) in [4.78, 5) is 17.0. The van der Waals surface area contributed by atoms with Gasteiger partial charge in [-0.05, 0) is 12.0 Å². The van der Waals surface area contributed by atoms with Crippen molar-refractivity contribution in [3.63, 3.8) is 0 Å². The summed E-state index contributed by atoms with van der Waals surface area (Å²) in [6, 6.07) is 9.42. The number of fused-ring (bicyclic) bond motifs is 1.